The fourth-order valence-corrected chi connectivity index (χ4v) is 3.17. The zero-order valence-corrected chi connectivity index (χ0v) is 19.8. The van der Waals surface area contributed by atoms with E-state index in [0.29, 0.717) is 0 Å². The van der Waals surface area contributed by atoms with Crippen LogP contribution in [0.15, 0.2) is 6.20 Å². The van der Waals surface area contributed by atoms with Crippen molar-refractivity contribution in [3.8, 4) is 0 Å². The Morgan fingerprint density at radius 3 is 2.09 bits per heavy atom. The molecule has 5 unspecified atom stereocenters. The van der Waals surface area contributed by atoms with Crippen LogP contribution in [0.2, 0.25) is 0 Å². The van der Waals surface area contributed by atoms with Gasteiger partial charge in [-0.25, -0.2) is 4.68 Å². The number of ether oxygens (including phenoxy) is 7. The summed E-state index contributed by atoms with van der Waals surface area (Å²) in [5.41, 5.74) is 0.279. The second-order valence-electron chi connectivity index (χ2n) is 7.36. The van der Waals surface area contributed by atoms with Crippen LogP contribution in [0, 0.1) is 0 Å². The van der Waals surface area contributed by atoms with Gasteiger partial charge in [0.25, 0.3) is 0 Å². The van der Waals surface area contributed by atoms with Gasteiger partial charge in [0.2, 0.25) is 0 Å². The number of hydrogen-bond donors (Lipinski definition) is 0. The zero-order chi connectivity index (χ0) is 26.1. The standard InChI is InChI=1S/C20H27N3O12/c1-10(24)30-9-15-17(32-11(2)25)18(33-12(3)26)19(34-13(4)27)20(35-15)31-8-14-6-23(22-21-14)7-16(28)29-5/h6,15,17-20H,7-9H2,1-5H3. The van der Waals surface area contributed by atoms with Gasteiger partial charge < -0.3 is 33.2 Å². The first kappa shape index (κ1) is 27.7. The minimum Gasteiger partial charge on any atom is -0.468 e. The third kappa shape index (κ3) is 8.60. The lowest BCUT2D eigenvalue weighted by Gasteiger charge is -2.43. The number of nitrogens with zero attached hydrogens (tertiary/aromatic N) is 3. The third-order valence-electron chi connectivity index (χ3n) is 4.45. The van der Waals surface area contributed by atoms with Crippen LogP contribution >= 0.6 is 0 Å². The number of hydrogen-bond acceptors (Lipinski definition) is 14. The smallest absolute Gasteiger partial charge is 0.327 e. The molecule has 0 amide bonds. The maximum Gasteiger partial charge on any atom is 0.327 e. The average Bonchev–Trinajstić information content (AvgIpc) is 3.20. The molecule has 0 radical (unpaired) electrons. The molecule has 2 rings (SSSR count). The summed E-state index contributed by atoms with van der Waals surface area (Å²) in [6.07, 6.45) is -5.09. The van der Waals surface area contributed by atoms with Crippen LogP contribution in [0.4, 0.5) is 0 Å². The SMILES string of the molecule is COC(=O)Cn1cc(COC2OC(COC(C)=O)C(OC(C)=O)C(OC(C)=O)C2OC(C)=O)nn1. The second-order valence-corrected chi connectivity index (χ2v) is 7.36. The Balaban J connectivity index is 2.30. The van der Waals surface area contributed by atoms with Crippen molar-refractivity contribution in [2.24, 2.45) is 0 Å². The molecule has 1 fully saturated rings. The maximum atomic E-state index is 11.8. The van der Waals surface area contributed by atoms with Crippen molar-refractivity contribution in [1.29, 1.82) is 0 Å². The maximum absolute atomic E-state index is 11.8. The van der Waals surface area contributed by atoms with E-state index in [1.54, 1.807) is 0 Å². The van der Waals surface area contributed by atoms with E-state index >= 15 is 0 Å². The second kappa shape index (κ2) is 12.8. The summed E-state index contributed by atoms with van der Waals surface area (Å²) in [7, 11) is 1.23. The Labute approximate surface area is 199 Å². The van der Waals surface area contributed by atoms with Gasteiger partial charge in [0.15, 0.2) is 24.6 Å². The predicted octanol–water partition coefficient (Wildman–Crippen LogP) is -0.949. The average molecular weight is 501 g/mol. The minimum atomic E-state index is -1.36. The van der Waals surface area contributed by atoms with Crippen LogP contribution in [0.3, 0.4) is 0 Å². The lowest BCUT2D eigenvalue weighted by atomic mass is 9.98. The fraction of sp³-hybridized carbons (Fsp3) is 0.650. The molecule has 15 nitrogen and oxygen atoms in total. The Morgan fingerprint density at radius 2 is 1.51 bits per heavy atom. The molecule has 1 aliphatic rings. The lowest BCUT2D eigenvalue weighted by Crippen LogP contribution is -2.62. The van der Waals surface area contributed by atoms with Gasteiger partial charge >= 0.3 is 29.8 Å². The molecule has 1 aromatic rings. The van der Waals surface area contributed by atoms with Crippen LogP contribution < -0.4 is 0 Å². The number of aromatic nitrogens is 3. The molecule has 0 N–H and O–H groups in total. The highest BCUT2D eigenvalue weighted by Crippen LogP contribution is 2.30. The molecule has 1 aliphatic heterocycles. The van der Waals surface area contributed by atoms with Gasteiger partial charge in [-0.15, -0.1) is 5.10 Å². The number of methoxy groups -OCH3 is 1. The summed E-state index contributed by atoms with van der Waals surface area (Å²) in [6, 6.07) is 0. The number of carbonyl (C=O) groups is 5. The van der Waals surface area contributed by atoms with Crippen molar-refractivity contribution in [2.45, 2.75) is 71.6 Å². The quantitative estimate of drug-likeness (QED) is 0.283. The highest BCUT2D eigenvalue weighted by Gasteiger charge is 2.52. The molecular weight excluding hydrogens is 474 g/mol. The van der Waals surface area contributed by atoms with E-state index in [1.165, 1.54) is 24.9 Å². The largest absolute Gasteiger partial charge is 0.468 e. The summed E-state index contributed by atoms with van der Waals surface area (Å²) in [6.45, 7) is 3.73. The summed E-state index contributed by atoms with van der Waals surface area (Å²) in [4.78, 5) is 58.1. The first-order valence-corrected chi connectivity index (χ1v) is 10.4. The van der Waals surface area contributed by atoms with Crippen LogP contribution in [0.5, 0.6) is 0 Å². The van der Waals surface area contributed by atoms with Crippen LogP contribution in [-0.4, -0.2) is 89.3 Å². The van der Waals surface area contributed by atoms with Gasteiger partial charge in [-0.2, -0.15) is 0 Å². The normalized spacial score (nSPS) is 23.6. The van der Waals surface area contributed by atoms with E-state index < -0.39 is 60.6 Å². The zero-order valence-electron chi connectivity index (χ0n) is 19.8. The Hall–Kier alpha value is -3.59. The topological polar surface area (TPSA) is 181 Å². The van der Waals surface area contributed by atoms with E-state index in [-0.39, 0.29) is 25.5 Å². The summed E-state index contributed by atoms with van der Waals surface area (Å²) >= 11 is 0. The van der Waals surface area contributed by atoms with Crippen molar-refractivity contribution >= 4 is 29.8 Å². The van der Waals surface area contributed by atoms with Crippen molar-refractivity contribution in [1.82, 2.24) is 15.0 Å². The molecular formula is C20H27N3O12. The van der Waals surface area contributed by atoms with Gasteiger partial charge in [0.1, 0.15) is 24.9 Å². The summed E-state index contributed by atoms with van der Waals surface area (Å²) in [5, 5.41) is 7.64. The van der Waals surface area contributed by atoms with Gasteiger partial charge in [-0.05, 0) is 0 Å². The van der Waals surface area contributed by atoms with E-state index in [9.17, 15) is 24.0 Å². The Kier molecular flexibility index (Phi) is 10.1. The molecule has 35 heavy (non-hydrogen) atoms. The number of rotatable bonds is 10. The van der Waals surface area contributed by atoms with Crippen molar-refractivity contribution in [3.63, 3.8) is 0 Å². The molecule has 1 saturated heterocycles. The van der Waals surface area contributed by atoms with E-state index in [0.717, 1.165) is 20.8 Å². The van der Waals surface area contributed by atoms with Gasteiger partial charge in [0.05, 0.1) is 19.9 Å². The molecule has 1 aromatic heterocycles. The highest BCUT2D eigenvalue weighted by molar-refractivity contribution is 5.69. The molecule has 0 spiro atoms. The Bertz CT molecular complexity index is 932. The van der Waals surface area contributed by atoms with Crippen LogP contribution in [0.25, 0.3) is 0 Å². The third-order valence-corrected chi connectivity index (χ3v) is 4.45. The van der Waals surface area contributed by atoms with Gasteiger partial charge in [-0.3, -0.25) is 24.0 Å². The summed E-state index contributed by atoms with van der Waals surface area (Å²) in [5.74, 6) is -3.44. The Morgan fingerprint density at radius 1 is 0.914 bits per heavy atom. The van der Waals surface area contributed by atoms with E-state index in [2.05, 4.69) is 15.0 Å². The van der Waals surface area contributed by atoms with Crippen molar-refractivity contribution < 1.29 is 57.1 Å². The van der Waals surface area contributed by atoms with Gasteiger partial charge in [-0.1, -0.05) is 5.21 Å². The fourth-order valence-electron chi connectivity index (χ4n) is 3.17. The first-order valence-electron chi connectivity index (χ1n) is 10.4. The molecule has 2 heterocycles. The monoisotopic (exact) mass is 501 g/mol. The molecule has 0 aromatic carbocycles. The van der Waals surface area contributed by atoms with E-state index in [1.807, 2.05) is 0 Å². The molecule has 0 bridgehead atoms. The number of esters is 5. The van der Waals surface area contributed by atoms with Crippen LogP contribution in [-0.2, 0) is 70.3 Å². The number of carbonyl (C=O) groups excluding carboxylic acids is 5. The predicted molar refractivity (Wildman–Crippen MR) is 109 cm³/mol. The molecule has 0 aliphatic carbocycles. The molecule has 5 atom stereocenters. The van der Waals surface area contributed by atoms with Crippen molar-refractivity contribution in [3.05, 3.63) is 11.9 Å². The highest BCUT2D eigenvalue weighted by atomic mass is 16.7. The summed E-state index contributed by atoms with van der Waals surface area (Å²) < 4.78 is 38.2. The first-order chi connectivity index (χ1) is 16.5. The van der Waals surface area contributed by atoms with Crippen LogP contribution in [0.1, 0.15) is 33.4 Å². The lowest BCUT2D eigenvalue weighted by molar-refractivity contribution is -0.310. The molecule has 15 heteroatoms. The van der Waals surface area contributed by atoms with Crippen molar-refractivity contribution in [2.75, 3.05) is 13.7 Å². The molecule has 0 saturated carbocycles. The molecule has 194 valence electrons. The van der Waals surface area contributed by atoms with E-state index in [4.69, 9.17) is 28.4 Å². The minimum absolute atomic E-state index is 0.178. The van der Waals surface area contributed by atoms with Gasteiger partial charge in [0, 0.05) is 27.7 Å².